The maximum atomic E-state index is 11.7. The summed E-state index contributed by atoms with van der Waals surface area (Å²) in [6, 6.07) is 1.07. The number of carbonyl (C=O) groups is 1. The Morgan fingerprint density at radius 1 is 1.33 bits per heavy atom. The number of carbonyl (C=O) groups excluding carboxylic acids is 1. The molecule has 0 aliphatic carbocycles. The molecule has 1 saturated heterocycles. The van der Waals surface area contributed by atoms with Crippen LogP contribution in [0.3, 0.4) is 0 Å². The van der Waals surface area contributed by atoms with Crippen molar-refractivity contribution in [1.29, 1.82) is 0 Å². The first-order valence-corrected chi connectivity index (χ1v) is 9.23. The predicted molar refractivity (Wildman–Crippen MR) is 64.7 cm³/mol. The van der Waals surface area contributed by atoms with Crippen LogP contribution in [0.5, 0.6) is 0 Å². The number of hydrogen-bond donors (Lipinski definition) is 0. The number of nitrogens with zero attached hydrogens (tertiary/aromatic N) is 1. The van der Waals surface area contributed by atoms with Crippen molar-refractivity contribution in [3.63, 3.8) is 0 Å². The molecule has 0 spiro atoms. The standard InChI is InChI=1S/C11H21NO2Si/c1-15(2,3)10-4-5-11(13)12-6-8-14-9-7-12/h4-5H,6-10H2,1-3H3/b5-4+. The minimum Gasteiger partial charge on any atom is -0.378 e. The van der Waals surface area contributed by atoms with Crippen molar-refractivity contribution >= 4 is 14.0 Å². The summed E-state index contributed by atoms with van der Waals surface area (Å²) in [5.41, 5.74) is 0. The molecule has 1 rings (SSSR count). The van der Waals surface area contributed by atoms with Gasteiger partial charge in [-0.25, -0.2) is 0 Å². The lowest BCUT2D eigenvalue weighted by Crippen LogP contribution is -2.39. The maximum absolute atomic E-state index is 11.7. The molecule has 0 bridgehead atoms. The quantitative estimate of drug-likeness (QED) is 0.543. The van der Waals surface area contributed by atoms with E-state index in [1.54, 1.807) is 6.08 Å². The fourth-order valence-corrected chi connectivity index (χ4v) is 2.23. The lowest BCUT2D eigenvalue weighted by molar-refractivity contribution is -0.129. The van der Waals surface area contributed by atoms with Gasteiger partial charge in [-0.3, -0.25) is 4.79 Å². The van der Waals surface area contributed by atoms with E-state index in [1.165, 1.54) is 0 Å². The van der Waals surface area contributed by atoms with Gasteiger partial charge in [-0.1, -0.05) is 25.7 Å². The van der Waals surface area contributed by atoms with E-state index in [1.807, 2.05) is 11.0 Å². The molecular formula is C11H21NO2Si. The molecule has 0 aromatic carbocycles. The van der Waals surface area contributed by atoms with E-state index in [4.69, 9.17) is 4.74 Å². The van der Waals surface area contributed by atoms with Crippen molar-refractivity contribution in [1.82, 2.24) is 4.90 Å². The van der Waals surface area contributed by atoms with E-state index in [9.17, 15) is 4.79 Å². The van der Waals surface area contributed by atoms with Crippen molar-refractivity contribution in [3.05, 3.63) is 12.2 Å². The maximum Gasteiger partial charge on any atom is 0.246 e. The average Bonchev–Trinajstić information content (AvgIpc) is 2.17. The molecular weight excluding hydrogens is 206 g/mol. The molecule has 0 unspecified atom stereocenters. The third-order valence-corrected chi connectivity index (χ3v) is 3.77. The molecule has 1 aliphatic heterocycles. The van der Waals surface area contributed by atoms with Crippen molar-refractivity contribution in [2.75, 3.05) is 26.3 Å². The summed E-state index contributed by atoms with van der Waals surface area (Å²) in [4.78, 5) is 13.5. The molecule has 3 nitrogen and oxygen atoms in total. The van der Waals surface area contributed by atoms with E-state index in [0.29, 0.717) is 13.2 Å². The zero-order valence-electron chi connectivity index (χ0n) is 9.95. The smallest absolute Gasteiger partial charge is 0.246 e. The zero-order valence-corrected chi connectivity index (χ0v) is 11.0. The topological polar surface area (TPSA) is 29.5 Å². The fraction of sp³-hybridized carbons (Fsp3) is 0.727. The average molecular weight is 227 g/mol. The highest BCUT2D eigenvalue weighted by Gasteiger charge is 2.15. The van der Waals surface area contributed by atoms with Gasteiger partial charge < -0.3 is 9.64 Å². The monoisotopic (exact) mass is 227 g/mol. The van der Waals surface area contributed by atoms with Gasteiger partial charge in [0.05, 0.1) is 13.2 Å². The van der Waals surface area contributed by atoms with Crippen LogP contribution >= 0.6 is 0 Å². The highest BCUT2D eigenvalue weighted by atomic mass is 28.3. The van der Waals surface area contributed by atoms with Crippen molar-refractivity contribution in [3.8, 4) is 0 Å². The fourth-order valence-electron chi connectivity index (χ4n) is 1.40. The lowest BCUT2D eigenvalue weighted by Gasteiger charge is -2.25. The van der Waals surface area contributed by atoms with Crippen molar-refractivity contribution < 1.29 is 9.53 Å². The van der Waals surface area contributed by atoms with Crippen LogP contribution in [0.1, 0.15) is 0 Å². The Labute approximate surface area is 93.1 Å². The molecule has 4 heteroatoms. The second-order valence-electron chi connectivity index (χ2n) is 5.10. The highest BCUT2D eigenvalue weighted by Crippen LogP contribution is 2.08. The Morgan fingerprint density at radius 3 is 2.47 bits per heavy atom. The van der Waals surface area contributed by atoms with Gasteiger partial charge in [0.1, 0.15) is 0 Å². The number of hydrogen-bond acceptors (Lipinski definition) is 2. The summed E-state index contributed by atoms with van der Waals surface area (Å²) in [6.07, 6.45) is 3.76. The van der Waals surface area contributed by atoms with Crippen LogP contribution in [-0.2, 0) is 9.53 Å². The zero-order chi connectivity index (χ0) is 11.3. The summed E-state index contributed by atoms with van der Waals surface area (Å²) in [5.74, 6) is 0.136. The van der Waals surface area contributed by atoms with Crippen molar-refractivity contribution in [2.24, 2.45) is 0 Å². The molecule has 0 atom stereocenters. The Morgan fingerprint density at radius 2 is 1.93 bits per heavy atom. The summed E-state index contributed by atoms with van der Waals surface area (Å²) < 4.78 is 5.20. The molecule has 1 heterocycles. The van der Waals surface area contributed by atoms with Crippen LogP contribution in [0.25, 0.3) is 0 Å². The summed E-state index contributed by atoms with van der Waals surface area (Å²) in [5, 5.41) is 0. The second-order valence-corrected chi connectivity index (χ2v) is 10.6. The van der Waals surface area contributed by atoms with E-state index in [0.717, 1.165) is 19.1 Å². The number of amides is 1. The van der Waals surface area contributed by atoms with Crippen LogP contribution in [0.4, 0.5) is 0 Å². The van der Waals surface area contributed by atoms with Gasteiger partial charge in [0, 0.05) is 21.2 Å². The summed E-state index contributed by atoms with van der Waals surface area (Å²) >= 11 is 0. The van der Waals surface area contributed by atoms with Gasteiger partial charge in [-0.15, -0.1) is 0 Å². The third kappa shape index (κ3) is 5.13. The van der Waals surface area contributed by atoms with E-state index < -0.39 is 8.07 Å². The minimum atomic E-state index is -1.06. The van der Waals surface area contributed by atoms with Gasteiger partial charge in [0.25, 0.3) is 0 Å². The number of ether oxygens (including phenoxy) is 1. The number of rotatable bonds is 3. The second kappa shape index (κ2) is 5.46. The first-order valence-electron chi connectivity index (χ1n) is 5.52. The predicted octanol–water partition coefficient (Wildman–Crippen LogP) is 1.74. The molecule has 0 N–H and O–H groups in total. The Hall–Kier alpha value is -0.613. The molecule has 0 aromatic heterocycles. The van der Waals surface area contributed by atoms with Crippen molar-refractivity contribution in [2.45, 2.75) is 25.7 Å². The van der Waals surface area contributed by atoms with Crippen LogP contribution < -0.4 is 0 Å². The van der Waals surface area contributed by atoms with Gasteiger partial charge in [-0.2, -0.15) is 0 Å². The van der Waals surface area contributed by atoms with Crippen LogP contribution in [0.2, 0.25) is 25.7 Å². The van der Waals surface area contributed by atoms with Gasteiger partial charge in [0.2, 0.25) is 5.91 Å². The summed E-state index contributed by atoms with van der Waals surface area (Å²) in [7, 11) is -1.06. The van der Waals surface area contributed by atoms with E-state index in [2.05, 4.69) is 19.6 Å². The molecule has 86 valence electrons. The Kier molecular flexibility index (Phi) is 4.54. The first kappa shape index (κ1) is 12.5. The van der Waals surface area contributed by atoms with E-state index >= 15 is 0 Å². The molecule has 0 aromatic rings. The van der Waals surface area contributed by atoms with Crippen LogP contribution in [0, 0.1) is 0 Å². The molecule has 0 radical (unpaired) electrons. The highest BCUT2D eigenvalue weighted by molar-refractivity contribution is 6.76. The Balaban J connectivity index is 2.34. The van der Waals surface area contributed by atoms with Gasteiger partial charge >= 0.3 is 0 Å². The normalized spacial score (nSPS) is 18.5. The lowest BCUT2D eigenvalue weighted by atomic mass is 10.4. The Bertz CT molecular complexity index is 239. The summed E-state index contributed by atoms with van der Waals surface area (Å²) in [6.45, 7) is 9.72. The van der Waals surface area contributed by atoms with Crippen LogP contribution in [-0.4, -0.2) is 45.2 Å². The molecule has 15 heavy (non-hydrogen) atoms. The first-order chi connectivity index (χ1) is 6.99. The molecule has 0 saturated carbocycles. The number of morpholine rings is 1. The van der Waals surface area contributed by atoms with Crippen LogP contribution in [0.15, 0.2) is 12.2 Å². The SMILES string of the molecule is C[Si](C)(C)C/C=C/C(=O)N1CCOCC1. The third-order valence-electron chi connectivity index (χ3n) is 2.31. The molecule has 1 fully saturated rings. The van der Waals surface area contributed by atoms with E-state index in [-0.39, 0.29) is 5.91 Å². The number of allylic oxidation sites excluding steroid dienone is 1. The van der Waals surface area contributed by atoms with Gasteiger partial charge in [-0.05, 0) is 12.1 Å². The molecule has 1 aliphatic rings. The largest absolute Gasteiger partial charge is 0.378 e. The molecule has 1 amide bonds. The minimum absolute atomic E-state index is 0.136. The van der Waals surface area contributed by atoms with Gasteiger partial charge in [0.15, 0.2) is 0 Å².